The highest BCUT2D eigenvalue weighted by Crippen LogP contribution is 2.24. The number of carbonyl (C=O) groups is 1. The van der Waals surface area contributed by atoms with Crippen molar-refractivity contribution in [2.24, 2.45) is 5.73 Å². The van der Waals surface area contributed by atoms with Crippen LogP contribution >= 0.6 is 0 Å². The standard InChI is InChI=1S/C19H23N3O/c20-19(23)16-6-8-17(9-7-16)22(18-10-12-21-13-11-18)14-15-4-2-1-3-5-15/h1-9,18,21H,10-14H2,(H2,20,23). The number of primary amides is 1. The van der Waals surface area contributed by atoms with Gasteiger partial charge in [0.15, 0.2) is 0 Å². The van der Waals surface area contributed by atoms with Crippen molar-refractivity contribution >= 4 is 11.6 Å². The molecule has 3 N–H and O–H groups in total. The van der Waals surface area contributed by atoms with Crippen LogP contribution < -0.4 is 16.0 Å². The van der Waals surface area contributed by atoms with Gasteiger partial charge in [0.05, 0.1) is 0 Å². The van der Waals surface area contributed by atoms with E-state index < -0.39 is 0 Å². The van der Waals surface area contributed by atoms with E-state index in [1.165, 1.54) is 5.56 Å². The molecule has 0 spiro atoms. The fraction of sp³-hybridized carbons (Fsp3) is 0.316. The highest BCUT2D eigenvalue weighted by atomic mass is 16.1. The third-order valence-electron chi connectivity index (χ3n) is 4.43. The summed E-state index contributed by atoms with van der Waals surface area (Å²) >= 11 is 0. The normalized spacial score (nSPS) is 15.3. The van der Waals surface area contributed by atoms with Crippen LogP contribution in [0.5, 0.6) is 0 Å². The molecular formula is C19H23N3O. The van der Waals surface area contributed by atoms with Crippen molar-refractivity contribution in [3.05, 3.63) is 65.7 Å². The molecule has 1 saturated heterocycles. The largest absolute Gasteiger partial charge is 0.366 e. The van der Waals surface area contributed by atoms with Gasteiger partial charge in [-0.05, 0) is 55.8 Å². The molecule has 23 heavy (non-hydrogen) atoms. The molecule has 1 heterocycles. The summed E-state index contributed by atoms with van der Waals surface area (Å²) < 4.78 is 0. The van der Waals surface area contributed by atoms with Crippen LogP contribution in [0.1, 0.15) is 28.8 Å². The average molecular weight is 309 g/mol. The number of hydrogen-bond donors (Lipinski definition) is 2. The first-order chi connectivity index (χ1) is 11.2. The summed E-state index contributed by atoms with van der Waals surface area (Å²) in [5.74, 6) is -0.381. The number of rotatable bonds is 5. The van der Waals surface area contributed by atoms with Crippen molar-refractivity contribution in [3.63, 3.8) is 0 Å². The summed E-state index contributed by atoms with van der Waals surface area (Å²) in [6.07, 6.45) is 2.26. The number of benzene rings is 2. The molecule has 1 aliphatic heterocycles. The number of amides is 1. The maximum atomic E-state index is 11.3. The van der Waals surface area contributed by atoms with Crippen LogP contribution in [-0.4, -0.2) is 25.0 Å². The van der Waals surface area contributed by atoms with E-state index in [0.717, 1.165) is 38.2 Å². The van der Waals surface area contributed by atoms with Crippen LogP contribution in [0.4, 0.5) is 5.69 Å². The molecule has 1 aliphatic rings. The van der Waals surface area contributed by atoms with Crippen LogP contribution in [0.3, 0.4) is 0 Å². The second-order valence-corrected chi connectivity index (χ2v) is 6.01. The first-order valence-electron chi connectivity index (χ1n) is 8.15. The molecule has 2 aromatic rings. The zero-order valence-electron chi connectivity index (χ0n) is 13.2. The summed E-state index contributed by atoms with van der Waals surface area (Å²) in [6.45, 7) is 2.98. The van der Waals surface area contributed by atoms with Crippen molar-refractivity contribution in [2.45, 2.75) is 25.4 Å². The van der Waals surface area contributed by atoms with E-state index in [1.807, 2.05) is 30.3 Å². The fourth-order valence-electron chi connectivity index (χ4n) is 3.15. The zero-order chi connectivity index (χ0) is 16.1. The molecular weight excluding hydrogens is 286 g/mol. The van der Waals surface area contributed by atoms with Gasteiger partial charge in [-0.1, -0.05) is 30.3 Å². The van der Waals surface area contributed by atoms with E-state index in [9.17, 15) is 4.79 Å². The Morgan fingerprint density at radius 3 is 2.30 bits per heavy atom. The third kappa shape index (κ3) is 3.90. The fourth-order valence-corrected chi connectivity index (χ4v) is 3.15. The van der Waals surface area contributed by atoms with Gasteiger partial charge in [-0.2, -0.15) is 0 Å². The number of anilines is 1. The first-order valence-corrected chi connectivity index (χ1v) is 8.15. The molecule has 1 amide bonds. The van der Waals surface area contributed by atoms with E-state index in [2.05, 4.69) is 34.5 Å². The van der Waals surface area contributed by atoms with Crippen LogP contribution in [-0.2, 0) is 6.54 Å². The van der Waals surface area contributed by atoms with Gasteiger partial charge in [0, 0.05) is 23.8 Å². The van der Waals surface area contributed by atoms with Gasteiger partial charge in [0.25, 0.3) is 0 Å². The van der Waals surface area contributed by atoms with Gasteiger partial charge in [0.2, 0.25) is 5.91 Å². The maximum Gasteiger partial charge on any atom is 0.248 e. The molecule has 2 aromatic carbocycles. The van der Waals surface area contributed by atoms with Crippen LogP contribution in [0.15, 0.2) is 54.6 Å². The Balaban J connectivity index is 1.85. The lowest BCUT2D eigenvalue weighted by Crippen LogP contribution is -2.43. The second-order valence-electron chi connectivity index (χ2n) is 6.01. The molecule has 0 atom stereocenters. The van der Waals surface area contributed by atoms with E-state index in [0.29, 0.717) is 11.6 Å². The topological polar surface area (TPSA) is 58.4 Å². The summed E-state index contributed by atoms with van der Waals surface area (Å²) in [5.41, 5.74) is 8.34. The number of nitrogens with zero attached hydrogens (tertiary/aromatic N) is 1. The number of nitrogens with two attached hydrogens (primary N) is 1. The Bertz CT molecular complexity index is 633. The summed E-state index contributed by atoms with van der Waals surface area (Å²) in [5, 5.41) is 3.42. The molecule has 4 heteroatoms. The van der Waals surface area contributed by atoms with Crippen molar-refractivity contribution in [2.75, 3.05) is 18.0 Å². The highest BCUT2D eigenvalue weighted by Gasteiger charge is 2.21. The van der Waals surface area contributed by atoms with Gasteiger partial charge in [-0.3, -0.25) is 4.79 Å². The smallest absolute Gasteiger partial charge is 0.248 e. The molecule has 0 unspecified atom stereocenters. The van der Waals surface area contributed by atoms with E-state index in [4.69, 9.17) is 5.73 Å². The molecule has 0 saturated carbocycles. The molecule has 0 aliphatic carbocycles. The monoisotopic (exact) mass is 309 g/mol. The minimum absolute atomic E-state index is 0.381. The Morgan fingerprint density at radius 1 is 1.04 bits per heavy atom. The first kappa shape index (κ1) is 15.6. The van der Waals surface area contributed by atoms with Crippen LogP contribution in [0.25, 0.3) is 0 Å². The summed E-state index contributed by atoms with van der Waals surface area (Å²) in [4.78, 5) is 13.7. The predicted octanol–water partition coefficient (Wildman–Crippen LogP) is 2.54. The SMILES string of the molecule is NC(=O)c1ccc(N(Cc2ccccc2)C2CCNCC2)cc1. The third-order valence-corrected chi connectivity index (χ3v) is 4.43. The maximum absolute atomic E-state index is 11.3. The lowest BCUT2D eigenvalue weighted by atomic mass is 10.0. The number of carbonyl (C=O) groups excluding carboxylic acids is 1. The van der Waals surface area contributed by atoms with Crippen molar-refractivity contribution in [1.82, 2.24) is 5.32 Å². The molecule has 1 fully saturated rings. The minimum atomic E-state index is -0.381. The molecule has 120 valence electrons. The lowest BCUT2D eigenvalue weighted by Gasteiger charge is -2.36. The van der Waals surface area contributed by atoms with Gasteiger partial charge in [0.1, 0.15) is 0 Å². The van der Waals surface area contributed by atoms with Gasteiger partial charge in [-0.15, -0.1) is 0 Å². The van der Waals surface area contributed by atoms with Crippen molar-refractivity contribution in [1.29, 1.82) is 0 Å². The highest BCUT2D eigenvalue weighted by molar-refractivity contribution is 5.93. The average Bonchev–Trinajstić information content (AvgIpc) is 2.61. The minimum Gasteiger partial charge on any atom is -0.366 e. The Labute approximate surface area is 137 Å². The van der Waals surface area contributed by atoms with Gasteiger partial charge < -0.3 is 16.0 Å². The summed E-state index contributed by atoms with van der Waals surface area (Å²) in [7, 11) is 0. The Morgan fingerprint density at radius 2 is 1.70 bits per heavy atom. The van der Waals surface area contributed by atoms with Gasteiger partial charge >= 0.3 is 0 Å². The van der Waals surface area contributed by atoms with Crippen LogP contribution in [0.2, 0.25) is 0 Å². The van der Waals surface area contributed by atoms with Gasteiger partial charge in [-0.25, -0.2) is 0 Å². The molecule has 0 aromatic heterocycles. The van der Waals surface area contributed by atoms with Crippen molar-refractivity contribution < 1.29 is 4.79 Å². The molecule has 4 nitrogen and oxygen atoms in total. The van der Waals surface area contributed by atoms with E-state index in [1.54, 1.807) is 0 Å². The van der Waals surface area contributed by atoms with E-state index >= 15 is 0 Å². The Hall–Kier alpha value is -2.33. The predicted molar refractivity (Wildman–Crippen MR) is 93.5 cm³/mol. The molecule has 0 bridgehead atoms. The number of nitrogens with one attached hydrogen (secondary N) is 1. The molecule has 0 radical (unpaired) electrons. The lowest BCUT2D eigenvalue weighted by molar-refractivity contribution is 0.100. The number of hydrogen-bond acceptors (Lipinski definition) is 3. The van der Waals surface area contributed by atoms with Crippen LogP contribution in [0, 0.1) is 0 Å². The summed E-state index contributed by atoms with van der Waals surface area (Å²) in [6, 6.07) is 18.7. The quantitative estimate of drug-likeness (QED) is 0.892. The molecule has 3 rings (SSSR count). The number of piperidine rings is 1. The zero-order valence-corrected chi connectivity index (χ0v) is 13.2. The van der Waals surface area contributed by atoms with Crippen molar-refractivity contribution in [3.8, 4) is 0 Å². The van der Waals surface area contributed by atoms with E-state index in [-0.39, 0.29) is 5.91 Å². The Kier molecular flexibility index (Phi) is 4.93. The second kappa shape index (κ2) is 7.29.